The van der Waals surface area contributed by atoms with Crippen LogP contribution in [0.4, 0.5) is 0 Å². The molecule has 2 fully saturated rings. The van der Waals surface area contributed by atoms with Gasteiger partial charge in [0.15, 0.2) is 5.96 Å². The average Bonchev–Trinajstić information content (AvgIpc) is 3.08. The van der Waals surface area contributed by atoms with Gasteiger partial charge in [-0.05, 0) is 12.8 Å². The first-order chi connectivity index (χ1) is 10.4. The third-order valence-corrected chi connectivity index (χ3v) is 5.17. The van der Waals surface area contributed by atoms with Crippen LogP contribution in [0.1, 0.15) is 12.8 Å². The minimum absolute atomic E-state index is 0. The van der Waals surface area contributed by atoms with Gasteiger partial charge >= 0.3 is 0 Å². The Morgan fingerprint density at radius 1 is 1.39 bits per heavy atom. The third-order valence-electron chi connectivity index (χ3n) is 4.26. The number of ether oxygens (including phenoxy) is 2. The lowest BCUT2D eigenvalue weighted by Crippen LogP contribution is -2.42. The van der Waals surface area contributed by atoms with E-state index in [0.717, 1.165) is 45.1 Å². The second-order valence-corrected chi connectivity index (χ2v) is 8.45. The number of rotatable bonds is 6. The summed E-state index contributed by atoms with van der Waals surface area (Å²) in [5.41, 5.74) is 0.309. The van der Waals surface area contributed by atoms with Gasteiger partial charge < -0.3 is 19.7 Å². The Kier molecular flexibility index (Phi) is 8.53. The smallest absolute Gasteiger partial charge is 0.193 e. The van der Waals surface area contributed by atoms with Gasteiger partial charge in [-0.3, -0.25) is 4.99 Å². The molecule has 0 aromatic heterocycles. The minimum atomic E-state index is -2.95. The summed E-state index contributed by atoms with van der Waals surface area (Å²) >= 11 is 0. The topological polar surface area (TPSA) is 80.2 Å². The van der Waals surface area contributed by atoms with Gasteiger partial charge in [0.05, 0.1) is 25.6 Å². The molecule has 0 aliphatic carbocycles. The SMILES string of the molecule is CN=C(NCCOCCS(C)(=O)=O)N1CCC2(CCOC2)C1.I. The molecular weight excluding hydrogens is 433 g/mol. The van der Waals surface area contributed by atoms with Gasteiger partial charge in [0.1, 0.15) is 9.84 Å². The Labute approximate surface area is 156 Å². The van der Waals surface area contributed by atoms with Gasteiger partial charge in [0.25, 0.3) is 0 Å². The van der Waals surface area contributed by atoms with Crippen molar-refractivity contribution in [2.24, 2.45) is 10.4 Å². The molecule has 1 atom stereocenters. The first kappa shape index (κ1) is 20.9. The van der Waals surface area contributed by atoms with E-state index < -0.39 is 9.84 Å². The highest BCUT2D eigenvalue weighted by Crippen LogP contribution is 2.37. The molecule has 0 amide bonds. The third kappa shape index (κ3) is 6.71. The van der Waals surface area contributed by atoms with Crippen molar-refractivity contribution in [1.82, 2.24) is 10.2 Å². The molecule has 9 heteroatoms. The van der Waals surface area contributed by atoms with Crippen LogP contribution in [0.15, 0.2) is 4.99 Å². The second-order valence-electron chi connectivity index (χ2n) is 6.19. The van der Waals surface area contributed by atoms with Crippen LogP contribution in [0.2, 0.25) is 0 Å². The number of nitrogens with zero attached hydrogens (tertiary/aromatic N) is 2. The van der Waals surface area contributed by atoms with E-state index >= 15 is 0 Å². The molecule has 23 heavy (non-hydrogen) atoms. The Morgan fingerprint density at radius 3 is 2.78 bits per heavy atom. The van der Waals surface area contributed by atoms with E-state index in [1.165, 1.54) is 6.26 Å². The summed E-state index contributed by atoms with van der Waals surface area (Å²) in [6.45, 7) is 5.04. The molecule has 0 radical (unpaired) electrons. The predicted octanol–water partition coefficient (Wildman–Crippen LogP) is 0.353. The van der Waals surface area contributed by atoms with Crippen molar-refractivity contribution >= 4 is 39.8 Å². The van der Waals surface area contributed by atoms with Crippen molar-refractivity contribution in [1.29, 1.82) is 0 Å². The molecule has 1 spiro atoms. The standard InChI is InChI=1S/C14H27N3O4S.HI/c1-15-13(16-5-8-20-9-10-22(2,18)19)17-6-3-14(11-17)4-7-21-12-14;/h3-12H2,1-2H3,(H,15,16);1H. The summed E-state index contributed by atoms with van der Waals surface area (Å²) in [4.78, 5) is 6.59. The van der Waals surface area contributed by atoms with E-state index in [4.69, 9.17) is 9.47 Å². The van der Waals surface area contributed by atoms with Crippen molar-refractivity contribution in [2.45, 2.75) is 12.8 Å². The van der Waals surface area contributed by atoms with Crippen molar-refractivity contribution in [3.63, 3.8) is 0 Å². The first-order valence-electron chi connectivity index (χ1n) is 7.73. The maximum absolute atomic E-state index is 11.0. The molecule has 2 aliphatic heterocycles. The Balaban J connectivity index is 0.00000264. The van der Waals surface area contributed by atoms with E-state index in [-0.39, 0.29) is 36.3 Å². The summed E-state index contributed by atoms with van der Waals surface area (Å²) in [5, 5.41) is 3.28. The van der Waals surface area contributed by atoms with Crippen LogP contribution < -0.4 is 5.32 Å². The van der Waals surface area contributed by atoms with E-state index in [1.54, 1.807) is 7.05 Å². The number of sulfone groups is 1. The number of halogens is 1. The number of aliphatic imine (C=N–C) groups is 1. The van der Waals surface area contributed by atoms with Crippen LogP contribution >= 0.6 is 24.0 Å². The number of likely N-dealkylation sites (tertiary alicyclic amines) is 1. The van der Waals surface area contributed by atoms with E-state index in [2.05, 4.69) is 15.2 Å². The van der Waals surface area contributed by atoms with E-state index in [0.29, 0.717) is 18.6 Å². The van der Waals surface area contributed by atoms with Crippen LogP contribution in [0.5, 0.6) is 0 Å². The number of guanidine groups is 1. The zero-order valence-corrected chi connectivity index (χ0v) is 17.1. The summed E-state index contributed by atoms with van der Waals surface area (Å²) in [5.74, 6) is 0.951. The van der Waals surface area contributed by atoms with Crippen molar-refractivity contribution in [3.05, 3.63) is 0 Å². The summed E-state index contributed by atoms with van der Waals surface area (Å²) < 4.78 is 32.8. The fraction of sp³-hybridized carbons (Fsp3) is 0.929. The molecule has 2 heterocycles. The quantitative estimate of drug-likeness (QED) is 0.266. The van der Waals surface area contributed by atoms with E-state index in [1.807, 2.05) is 0 Å². The molecule has 136 valence electrons. The summed E-state index contributed by atoms with van der Waals surface area (Å²) in [7, 11) is -1.17. The summed E-state index contributed by atoms with van der Waals surface area (Å²) in [6.07, 6.45) is 3.50. The monoisotopic (exact) mass is 461 g/mol. The fourth-order valence-corrected chi connectivity index (χ4v) is 3.39. The van der Waals surface area contributed by atoms with Crippen molar-refractivity contribution in [3.8, 4) is 0 Å². The molecule has 1 N–H and O–H groups in total. The normalized spacial score (nSPS) is 25.0. The van der Waals surface area contributed by atoms with Crippen molar-refractivity contribution in [2.75, 3.05) is 65.1 Å². The van der Waals surface area contributed by atoms with Crippen LogP contribution in [0.3, 0.4) is 0 Å². The molecule has 2 aliphatic rings. The minimum Gasteiger partial charge on any atom is -0.381 e. The lowest BCUT2D eigenvalue weighted by Gasteiger charge is -2.24. The highest BCUT2D eigenvalue weighted by atomic mass is 127. The van der Waals surface area contributed by atoms with Crippen LogP contribution in [-0.2, 0) is 19.3 Å². The molecular formula is C14H28IN3O4S. The van der Waals surface area contributed by atoms with Crippen LogP contribution in [0.25, 0.3) is 0 Å². The molecule has 0 aromatic carbocycles. The Morgan fingerprint density at radius 2 is 2.17 bits per heavy atom. The average molecular weight is 461 g/mol. The molecule has 0 saturated carbocycles. The molecule has 7 nitrogen and oxygen atoms in total. The van der Waals surface area contributed by atoms with Gasteiger partial charge in [0, 0.05) is 45.0 Å². The Bertz CT molecular complexity index is 492. The molecule has 0 aromatic rings. The molecule has 0 bridgehead atoms. The maximum Gasteiger partial charge on any atom is 0.193 e. The summed E-state index contributed by atoms with van der Waals surface area (Å²) in [6, 6.07) is 0. The van der Waals surface area contributed by atoms with E-state index in [9.17, 15) is 8.42 Å². The highest BCUT2D eigenvalue weighted by molar-refractivity contribution is 14.0. The number of nitrogens with one attached hydrogen (secondary N) is 1. The predicted molar refractivity (Wildman–Crippen MR) is 101 cm³/mol. The lowest BCUT2D eigenvalue weighted by atomic mass is 9.87. The second kappa shape index (κ2) is 9.38. The number of hydrogen-bond donors (Lipinski definition) is 1. The maximum atomic E-state index is 11.0. The van der Waals surface area contributed by atoms with Gasteiger partial charge in [-0.15, -0.1) is 24.0 Å². The largest absolute Gasteiger partial charge is 0.381 e. The van der Waals surface area contributed by atoms with Gasteiger partial charge in [0.2, 0.25) is 0 Å². The lowest BCUT2D eigenvalue weighted by molar-refractivity contribution is 0.152. The molecule has 2 saturated heterocycles. The van der Waals surface area contributed by atoms with Gasteiger partial charge in [-0.25, -0.2) is 8.42 Å². The molecule has 1 unspecified atom stereocenters. The zero-order valence-electron chi connectivity index (χ0n) is 13.9. The zero-order chi connectivity index (χ0) is 16.1. The van der Waals surface area contributed by atoms with Gasteiger partial charge in [-0.1, -0.05) is 0 Å². The van der Waals surface area contributed by atoms with Crippen LogP contribution in [-0.4, -0.2) is 84.4 Å². The molecule has 2 rings (SSSR count). The van der Waals surface area contributed by atoms with Crippen LogP contribution in [0, 0.1) is 5.41 Å². The number of hydrogen-bond acceptors (Lipinski definition) is 5. The van der Waals surface area contributed by atoms with Crippen molar-refractivity contribution < 1.29 is 17.9 Å². The Hall–Kier alpha value is -0.130. The van der Waals surface area contributed by atoms with Gasteiger partial charge in [-0.2, -0.15) is 0 Å². The highest BCUT2D eigenvalue weighted by Gasteiger charge is 2.42. The first-order valence-corrected chi connectivity index (χ1v) is 9.79. The fourth-order valence-electron chi connectivity index (χ4n) is 2.97.